The highest BCUT2D eigenvalue weighted by Gasteiger charge is 2.17. The van der Waals surface area contributed by atoms with Gasteiger partial charge < -0.3 is 5.32 Å². The van der Waals surface area contributed by atoms with Crippen molar-refractivity contribution in [2.75, 3.05) is 7.05 Å². The summed E-state index contributed by atoms with van der Waals surface area (Å²) in [6.07, 6.45) is 5.18. The Kier molecular flexibility index (Phi) is 4.06. The number of nitrogens with one attached hydrogen (secondary N) is 1. The summed E-state index contributed by atoms with van der Waals surface area (Å²) in [5, 5.41) is 3.44. The number of hydrogen-bond donors (Lipinski definition) is 1. The predicted octanol–water partition coefficient (Wildman–Crippen LogP) is 4.70. The fourth-order valence-electron chi connectivity index (χ4n) is 2.89. The second kappa shape index (κ2) is 5.78. The third kappa shape index (κ3) is 2.78. The summed E-state index contributed by atoms with van der Waals surface area (Å²) in [5.74, 6) is 0. The number of rotatable bonds is 3. The van der Waals surface area contributed by atoms with E-state index < -0.39 is 0 Å². The fourth-order valence-corrected chi connectivity index (χ4v) is 4.45. The Balaban J connectivity index is 1.95. The highest BCUT2D eigenvalue weighted by Crippen LogP contribution is 2.33. The van der Waals surface area contributed by atoms with Crippen molar-refractivity contribution in [1.82, 2.24) is 5.32 Å². The molecule has 0 fully saturated rings. The van der Waals surface area contributed by atoms with Crippen LogP contribution in [-0.2, 0) is 12.8 Å². The molecule has 1 aliphatic carbocycles. The van der Waals surface area contributed by atoms with Crippen molar-refractivity contribution in [2.45, 2.75) is 31.7 Å². The third-order valence-electron chi connectivity index (χ3n) is 3.87. The largest absolute Gasteiger partial charge is 0.309 e. The van der Waals surface area contributed by atoms with Gasteiger partial charge in [0.2, 0.25) is 0 Å². The predicted molar refractivity (Wildman–Crippen MR) is 86.0 cm³/mol. The van der Waals surface area contributed by atoms with Crippen molar-refractivity contribution in [2.24, 2.45) is 0 Å². The van der Waals surface area contributed by atoms with E-state index >= 15 is 0 Å². The SMILES string of the molecule is CNC(c1ccc2c(c1)CCCC2)c1ccc(Br)s1. The molecule has 0 bridgehead atoms. The molecular weight excluding hydrogens is 318 g/mol. The number of aryl methyl sites for hydroxylation is 2. The van der Waals surface area contributed by atoms with Crippen LogP contribution in [0, 0.1) is 0 Å². The minimum absolute atomic E-state index is 0.309. The first-order valence-electron chi connectivity index (χ1n) is 6.82. The summed E-state index contributed by atoms with van der Waals surface area (Å²) in [7, 11) is 2.04. The van der Waals surface area contributed by atoms with Crippen molar-refractivity contribution in [3.8, 4) is 0 Å². The Labute approximate surface area is 127 Å². The quantitative estimate of drug-likeness (QED) is 0.857. The van der Waals surface area contributed by atoms with E-state index in [-0.39, 0.29) is 0 Å². The minimum Gasteiger partial charge on any atom is -0.309 e. The molecule has 1 atom stereocenters. The molecule has 1 aliphatic rings. The van der Waals surface area contributed by atoms with Crippen molar-refractivity contribution >= 4 is 27.3 Å². The summed E-state index contributed by atoms with van der Waals surface area (Å²) >= 11 is 5.36. The fraction of sp³-hybridized carbons (Fsp3) is 0.375. The highest BCUT2D eigenvalue weighted by atomic mass is 79.9. The van der Waals surface area contributed by atoms with Gasteiger partial charge in [-0.3, -0.25) is 0 Å². The van der Waals surface area contributed by atoms with Gasteiger partial charge in [-0.15, -0.1) is 11.3 Å². The van der Waals surface area contributed by atoms with Gasteiger partial charge in [-0.25, -0.2) is 0 Å². The molecule has 0 spiro atoms. The molecule has 100 valence electrons. The van der Waals surface area contributed by atoms with Gasteiger partial charge in [-0.2, -0.15) is 0 Å². The van der Waals surface area contributed by atoms with Crippen LogP contribution in [0.4, 0.5) is 0 Å². The molecule has 1 aromatic carbocycles. The lowest BCUT2D eigenvalue weighted by atomic mass is 9.89. The summed E-state index contributed by atoms with van der Waals surface area (Å²) in [6.45, 7) is 0. The molecule has 0 saturated carbocycles. The van der Waals surface area contributed by atoms with E-state index in [9.17, 15) is 0 Å². The Morgan fingerprint density at radius 1 is 1.11 bits per heavy atom. The van der Waals surface area contributed by atoms with Crippen LogP contribution in [0.2, 0.25) is 0 Å². The van der Waals surface area contributed by atoms with Gasteiger partial charge in [0.15, 0.2) is 0 Å². The molecule has 0 saturated heterocycles. The maximum Gasteiger partial charge on any atom is 0.0702 e. The average Bonchev–Trinajstić information content (AvgIpc) is 2.86. The van der Waals surface area contributed by atoms with Crippen LogP contribution >= 0.6 is 27.3 Å². The lowest BCUT2D eigenvalue weighted by Gasteiger charge is -2.20. The summed E-state index contributed by atoms with van der Waals surface area (Å²) in [4.78, 5) is 1.37. The van der Waals surface area contributed by atoms with Crippen LogP contribution in [0.1, 0.15) is 40.5 Å². The molecule has 19 heavy (non-hydrogen) atoms. The van der Waals surface area contributed by atoms with E-state index in [4.69, 9.17) is 0 Å². The van der Waals surface area contributed by atoms with Gasteiger partial charge in [0.05, 0.1) is 9.83 Å². The number of halogens is 1. The second-order valence-corrected chi connectivity index (χ2v) is 7.59. The van der Waals surface area contributed by atoms with E-state index in [1.54, 1.807) is 22.5 Å². The van der Waals surface area contributed by atoms with E-state index in [1.165, 1.54) is 39.9 Å². The van der Waals surface area contributed by atoms with Gasteiger partial charge >= 0.3 is 0 Å². The Bertz CT molecular complexity index is 576. The van der Waals surface area contributed by atoms with Crippen LogP contribution in [0.3, 0.4) is 0 Å². The smallest absolute Gasteiger partial charge is 0.0702 e. The molecule has 1 nitrogen and oxygen atoms in total. The second-order valence-electron chi connectivity index (χ2n) is 5.10. The highest BCUT2D eigenvalue weighted by molar-refractivity contribution is 9.11. The zero-order valence-corrected chi connectivity index (χ0v) is 13.5. The first-order chi connectivity index (χ1) is 9.28. The summed E-state index contributed by atoms with van der Waals surface area (Å²) in [5.41, 5.74) is 4.49. The van der Waals surface area contributed by atoms with Crippen LogP contribution in [0.25, 0.3) is 0 Å². The summed E-state index contributed by atoms with van der Waals surface area (Å²) in [6, 6.07) is 11.7. The van der Waals surface area contributed by atoms with Crippen LogP contribution in [0.15, 0.2) is 34.1 Å². The van der Waals surface area contributed by atoms with E-state index in [1.807, 2.05) is 7.05 Å². The zero-order valence-electron chi connectivity index (χ0n) is 11.1. The van der Waals surface area contributed by atoms with Gasteiger partial charge in [0, 0.05) is 4.88 Å². The van der Waals surface area contributed by atoms with Crippen molar-refractivity contribution in [1.29, 1.82) is 0 Å². The maximum absolute atomic E-state index is 3.55. The van der Waals surface area contributed by atoms with Crippen molar-refractivity contribution < 1.29 is 0 Å². The molecule has 1 heterocycles. The molecular formula is C16H18BrNS. The first-order valence-corrected chi connectivity index (χ1v) is 8.43. The number of hydrogen-bond acceptors (Lipinski definition) is 2. The van der Waals surface area contributed by atoms with Crippen LogP contribution < -0.4 is 5.32 Å². The Hall–Kier alpha value is -0.640. The number of fused-ring (bicyclic) bond motifs is 1. The Morgan fingerprint density at radius 3 is 2.58 bits per heavy atom. The standard InChI is InChI=1S/C16H18BrNS/c1-18-16(14-8-9-15(17)19-14)13-7-6-11-4-2-3-5-12(11)10-13/h6-10,16,18H,2-5H2,1H3. The molecule has 1 aromatic heterocycles. The molecule has 1 N–H and O–H groups in total. The Morgan fingerprint density at radius 2 is 1.89 bits per heavy atom. The number of benzene rings is 1. The molecule has 1 unspecified atom stereocenters. The molecule has 3 rings (SSSR count). The monoisotopic (exact) mass is 335 g/mol. The summed E-state index contributed by atoms with van der Waals surface area (Å²) < 4.78 is 1.20. The van der Waals surface area contributed by atoms with E-state index in [0.717, 1.165) is 0 Å². The van der Waals surface area contributed by atoms with Gasteiger partial charge in [-0.1, -0.05) is 18.2 Å². The first kappa shape index (κ1) is 13.3. The van der Waals surface area contributed by atoms with Crippen LogP contribution in [-0.4, -0.2) is 7.05 Å². The molecule has 0 aliphatic heterocycles. The molecule has 3 heteroatoms. The lowest BCUT2D eigenvalue weighted by molar-refractivity contribution is 0.672. The van der Waals surface area contributed by atoms with E-state index in [0.29, 0.717) is 6.04 Å². The van der Waals surface area contributed by atoms with Gasteiger partial charge in [0.25, 0.3) is 0 Å². The van der Waals surface area contributed by atoms with E-state index in [2.05, 4.69) is 51.6 Å². The van der Waals surface area contributed by atoms with Crippen LogP contribution in [0.5, 0.6) is 0 Å². The van der Waals surface area contributed by atoms with Gasteiger partial charge in [-0.05, 0) is 77.5 Å². The lowest BCUT2D eigenvalue weighted by Crippen LogP contribution is -2.17. The zero-order chi connectivity index (χ0) is 13.2. The normalized spacial score (nSPS) is 16.1. The molecule has 2 aromatic rings. The van der Waals surface area contributed by atoms with Crippen molar-refractivity contribution in [3.05, 3.63) is 55.7 Å². The number of thiophene rings is 1. The topological polar surface area (TPSA) is 12.0 Å². The van der Waals surface area contributed by atoms with Crippen molar-refractivity contribution in [3.63, 3.8) is 0 Å². The average molecular weight is 336 g/mol. The minimum atomic E-state index is 0.309. The van der Waals surface area contributed by atoms with Gasteiger partial charge in [0.1, 0.15) is 0 Å². The third-order valence-corrected chi connectivity index (χ3v) is 5.56. The molecule has 0 radical (unpaired) electrons. The maximum atomic E-state index is 3.55. The molecule has 0 amide bonds.